The smallest absolute Gasteiger partial charge is 0.344 e. The summed E-state index contributed by atoms with van der Waals surface area (Å²) in [4.78, 5) is 22.8. The number of carbonyl (C=O) groups excluding carboxylic acids is 2. The van der Waals surface area contributed by atoms with Crippen LogP contribution in [-0.2, 0) is 9.53 Å². The maximum atomic E-state index is 11.7. The van der Waals surface area contributed by atoms with Gasteiger partial charge in [-0.2, -0.15) is 0 Å². The Hall–Kier alpha value is -2.73. The van der Waals surface area contributed by atoms with Crippen LogP contribution >= 0.6 is 11.6 Å². The van der Waals surface area contributed by atoms with E-state index in [9.17, 15) is 9.59 Å². The van der Waals surface area contributed by atoms with E-state index in [1.807, 2.05) is 43.3 Å². The summed E-state index contributed by atoms with van der Waals surface area (Å²) in [5, 5.41) is 5.54. The molecule has 6 nitrogen and oxygen atoms in total. The number of halogens is 1. The fourth-order valence-electron chi connectivity index (χ4n) is 2.16. The van der Waals surface area contributed by atoms with Gasteiger partial charge in [-0.3, -0.25) is 0 Å². The monoisotopic (exact) mass is 376 g/mol. The Labute approximate surface area is 157 Å². The Morgan fingerprint density at radius 3 is 2.50 bits per heavy atom. The van der Waals surface area contributed by atoms with Crippen LogP contribution in [0, 0.1) is 0 Å². The Balaban J connectivity index is 1.77. The highest BCUT2D eigenvalue weighted by Gasteiger charge is 2.09. The summed E-state index contributed by atoms with van der Waals surface area (Å²) in [5.74, 6) is -0.130. The number of rotatable bonds is 8. The van der Waals surface area contributed by atoms with Gasteiger partial charge in [0, 0.05) is 6.54 Å². The van der Waals surface area contributed by atoms with Crippen molar-refractivity contribution >= 4 is 23.6 Å². The minimum Gasteiger partial charge on any atom is -0.480 e. The van der Waals surface area contributed by atoms with E-state index >= 15 is 0 Å². The molecule has 26 heavy (non-hydrogen) atoms. The van der Waals surface area contributed by atoms with Crippen LogP contribution in [0.15, 0.2) is 48.5 Å². The molecule has 0 atom stereocenters. The number of amides is 2. The molecule has 0 aromatic heterocycles. The first-order chi connectivity index (χ1) is 12.6. The predicted molar refractivity (Wildman–Crippen MR) is 100 cm³/mol. The van der Waals surface area contributed by atoms with Gasteiger partial charge in [0.25, 0.3) is 0 Å². The summed E-state index contributed by atoms with van der Waals surface area (Å²) < 4.78 is 10.4. The van der Waals surface area contributed by atoms with Crippen LogP contribution in [0.4, 0.5) is 4.79 Å². The molecule has 0 aliphatic heterocycles. The molecule has 138 valence electrons. The number of nitrogens with one attached hydrogen (secondary N) is 2. The molecule has 0 saturated carbocycles. The standard InChI is InChI=1S/C19H21ClN2O4/c1-2-21-19(24)22-10-11-25-18(23)13-26-17-9-8-15(12-16(17)20)14-6-4-3-5-7-14/h3-9,12H,2,10-11,13H2,1H3,(H2,21,22,24). The molecule has 7 heteroatoms. The van der Waals surface area contributed by atoms with Crippen molar-refractivity contribution in [2.45, 2.75) is 6.92 Å². The van der Waals surface area contributed by atoms with E-state index < -0.39 is 5.97 Å². The number of hydrogen-bond acceptors (Lipinski definition) is 4. The van der Waals surface area contributed by atoms with Gasteiger partial charge in [-0.15, -0.1) is 0 Å². The molecule has 2 aromatic rings. The first kappa shape index (κ1) is 19.6. The van der Waals surface area contributed by atoms with Gasteiger partial charge in [0.05, 0.1) is 11.6 Å². The summed E-state index contributed by atoms with van der Waals surface area (Å²) in [6, 6.07) is 14.9. The largest absolute Gasteiger partial charge is 0.480 e. The van der Waals surface area contributed by atoms with Crippen molar-refractivity contribution in [3.8, 4) is 16.9 Å². The maximum Gasteiger partial charge on any atom is 0.344 e. The lowest BCUT2D eigenvalue weighted by Crippen LogP contribution is -2.37. The number of esters is 1. The van der Waals surface area contributed by atoms with Crippen molar-refractivity contribution in [1.29, 1.82) is 0 Å². The Kier molecular flexibility index (Phi) is 7.76. The fraction of sp³-hybridized carbons (Fsp3) is 0.263. The third kappa shape index (κ3) is 6.29. The average Bonchev–Trinajstić information content (AvgIpc) is 2.65. The fourth-order valence-corrected chi connectivity index (χ4v) is 2.39. The molecule has 0 saturated heterocycles. The van der Waals surface area contributed by atoms with E-state index in [4.69, 9.17) is 21.1 Å². The SMILES string of the molecule is CCNC(=O)NCCOC(=O)COc1ccc(-c2ccccc2)cc1Cl. The van der Waals surface area contributed by atoms with Crippen molar-refractivity contribution in [3.05, 3.63) is 53.6 Å². The van der Waals surface area contributed by atoms with Crippen LogP contribution < -0.4 is 15.4 Å². The van der Waals surface area contributed by atoms with Crippen LogP contribution in [0.5, 0.6) is 5.75 Å². The average molecular weight is 377 g/mol. The second-order valence-electron chi connectivity index (χ2n) is 5.31. The zero-order valence-corrected chi connectivity index (χ0v) is 15.2. The van der Waals surface area contributed by atoms with Crippen molar-refractivity contribution < 1.29 is 19.1 Å². The van der Waals surface area contributed by atoms with Crippen LogP contribution in [0.1, 0.15) is 6.92 Å². The highest BCUT2D eigenvalue weighted by atomic mass is 35.5. The quantitative estimate of drug-likeness (QED) is 0.547. The molecular weight excluding hydrogens is 356 g/mol. The molecule has 2 N–H and O–H groups in total. The predicted octanol–water partition coefficient (Wildman–Crippen LogP) is 3.25. The summed E-state index contributed by atoms with van der Waals surface area (Å²) in [6.45, 7) is 2.38. The molecule has 2 rings (SSSR count). The zero-order chi connectivity index (χ0) is 18.8. The second kappa shape index (κ2) is 10.3. The molecule has 0 aliphatic rings. The Morgan fingerprint density at radius 2 is 1.81 bits per heavy atom. The summed E-state index contributed by atoms with van der Waals surface area (Å²) in [5.41, 5.74) is 2.00. The van der Waals surface area contributed by atoms with Gasteiger partial charge >= 0.3 is 12.0 Å². The van der Waals surface area contributed by atoms with Crippen molar-refractivity contribution in [3.63, 3.8) is 0 Å². The van der Waals surface area contributed by atoms with Gasteiger partial charge < -0.3 is 20.1 Å². The molecule has 0 unspecified atom stereocenters. The van der Waals surface area contributed by atoms with E-state index in [1.165, 1.54) is 0 Å². The summed E-state index contributed by atoms with van der Waals surface area (Å²) in [6.07, 6.45) is 0. The molecule has 2 amide bonds. The maximum absolute atomic E-state index is 11.7. The minimum absolute atomic E-state index is 0.0694. The molecule has 0 spiro atoms. The minimum atomic E-state index is -0.536. The van der Waals surface area contributed by atoms with Crippen LogP contribution in [0.3, 0.4) is 0 Å². The first-order valence-electron chi connectivity index (χ1n) is 8.25. The topological polar surface area (TPSA) is 76.7 Å². The summed E-state index contributed by atoms with van der Waals surface area (Å²) in [7, 11) is 0. The third-order valence-electron chi connectivity index (χ3n) is 3.37. The highest BCUT2D eigenvalue weighted by molar-refractivity contribution is 6.32. The molecule has 0 heterocycles. The van der Waals surface area contributed by atoms with Crippen molar-refractivity contribution in [2.24, 2.45) is 0 Å². The lowest BCUT2D eigenvalue weighted by atomic mass is 10.1. The number of carbonyl (C=O) groups is 2. The van der Waals surface area contributed by atoms with Gasteiger partial charge in [0.2, 0.25) is 0 Å². The van der Waals surface area contributed by atoms with E-state index in [0.717, 1.165) is 11.1 Å². The zero-order valence-electron chi connectivity index (χ0n) is 14.5. The van der Waals surface area contributed by atoms with E-state index in [0.29, 0.717) is 17.3 Å². The molecular formula is C19H21ClN2O4. The third-order valence-corrected chi connectivity index (χ3v) is 3.67. The van der Waals surface area contributed by atoms with E-state index in [1.54, 1.807) is 12.1 Å². The van der Waals surface area contributed by atoms with Gasteiger partial charge in [0.15, 0.2) is 6.61 Å². The number of benzene rings is 2. The van der Waals surface area contributed by atoms with Crippen LogP contribution in [0.2, 0.25) is 5.02 Å². The van der Waals surface area contributed by atoms with Crippen molar-refractivity contribution in [2.75, 3.05) is 26.3 Å². The number of hydrogen-bond donors (Lipinski definition) is 2. The van der Waals surface area contributed by atoms with Gasteiger partial charge in [-0.1, -0.05) is 48.0 Å². The number of ether oxygens (including phenoxy) is 2. The van der Waals surface area contributed by atoms with Gasteiger partial charge in [-0.05, 0) is 30.2 Å². The normalized spacial score (nSPS) is 10.1. The van der Waals surface area contributed by atoms with E-state index in [2.05, 4.69) is 10.6 Å². The molecule has 0 aliphatic carbocycles. The highest BCUT2D eigenvalue weighted by Crippen LogP contribution is 2.30. The molecule has 2 aromatic carbocycles. The van der Waals surface area contributed by atoms with Crippen LogP contribution in [0.25, 0.3) is 11.1 Å². The Bertz CT molecular complexity index is 738. The lowest BCUT2D eigenvalue weighted by molar-refractivity contribution is -0.145. The Morgan fingerprint density at radius 1 is 1.04 bits per heavy atom. The molecule has 0 fully saturated rings. The summed E-state index contributed by atoms with van der Waals surface area (Å²) >= 11 is 6.22. The van der Waals surface area contributed by atoms with E-state index in [-0.39, 0.29) is 25.8 Å². The second-order valence-corrected chi connectivity index (χ2v) is 5.71. The van der Waals surface area contributed by atoms with Crippen molar-refractivity contribution in [1.82, 2.24) is 10.6 Å². The number of urea groups is 1. The molecule has 0 radical (unpaired) electrons. The first-order valence-corrected chi connectivity index (χ1v) is 8.63. The lowest BCUT2D eigenvalue weighted by Gasteiger charge is -2.10. The van der Waals surface area contributed by atoms with Crippen LogP contribution in [-0.4, -0.2) is 38.3 Å². The van der Waals surface area contributed by atoms with Gasteiger partial charge in [-0.25, -0.2) is 9.59 Å². The van der Waals surface area contributed by atoms with Gasteiger partial charge in [0.1, 0.15) is 12.4 Å². The molecule has 0 bridgehead atoms.